The number of carbonyl (C=O) groups excluding carboxylic acids is 2. The first kappa shape index (κ1) is 26.7. The molecule has 194 valence electrons. The molecule has 0 unspecified atom stereocenters. The molecule has 0 saturated heterocycles. The van der Waals surface area contributed by atoms with Gasteiger partial charge in [0.15, 0.2) is 0 Å². The van der Waals surface area contributed by atoms with Gasteiger partial charge in [-0.1, -0.05) is 46.3 Å². The lowest BCUT2D eigenvalue weighted by molar-refractivity contribution is -0.139. The molecule has 0 aliphatic carbocycles. The number of carbonyl (C=O) groups is 2. The molecule has 0 radical (unpaired) electrons. The van der Waals surface area contributed by atoms with Crippen LogP contribution in [0.4, 0.5) is 5.69 Å². The average Bonchev–Trinajstić information content (AvgIpc) is 3.29. The van der Waals surface area contributed by atoms with E-state index in [1.807, 2.05) is 19.1 Å². The summed E-state index contributed by atoms with van der Waals surface area (Å²) < 4.78 is 39.7. The van der Waals surface area contributed by atoms with Crippen molar-refractivity contribution in [2.75, 3.05) is 24.6 Å². The average molecular weight is 587 g/mol. The van der Waals surface area contributed by atoms with E-state index < -0.39 is 22.0 Å². The number of esters is 1. The number of rotatable bonds is 9. The Balaban J connectivity index is 1.42. The number of nitrogens with zero attached hydrogens (tertiary/aromatic N) is 1. The molecule has 1 atom stereocenters. The quantitative estimate of drug-likeness (QED) is 0.302. The van der Waals surface area contributed by atoms with Crippen molar-refractivity contribution in [3.8, 4) is 5.75 Å². The zero-order chi connectivity index (χ0) is 26.6. The lowest BCUT2D eigenvalue weighted by Gasteiger charge is -2.26. The molecule has 37 heavy (non-hydrogen) atoms. The minimum absolute atomic E-state index is 0.127. The first-order chi connectivity index (χ1) is 17.7. The third-order valence-electron chi connectivity index (χ3n) is 6.08. The summed E-state index contributed by atoms with van der Waals surface area (Å²) >= 11 is 3.41. The number of hydrogen-bond acceptors (Lipinski definition) is 6. The summed E-state index contributed by atoms with van der Waals surface area (Å²) in [7, 11) is -2.64. The molecule has 3 aromatic carbocycles. The zero-order valence-corrected chi connectivity index (χ0v) is 22.8. The molecule has 0 saturated carbocycles. The van der Waals surface area contributed by atoms with Crippen LogP contribution in [-0.2, 0) is 37.2 Å². The third-order valence-corrected chi connectivity index (χ3v) is 8.79. The Morgan fingerprint density at radius 2 is 1.81 bits per heavy atom. The van der Waals surface area contributed by atoms with Gasteiger partial charge in [-0.2, -0.15) is 0 Å². The maximum absolute atomic E-state index is 13.7. The Morgan fingerprint density at radius 3 is 2.51 bits per heavy atom. The van der Waals surface area contributed by atoms with Crippen LogP contribution in [0.15, 0.2) is 76.1 Å². The SMILES string of the molecule is COC(=O)Cc1ccc(OCCNC(=O)[C@@H]2Cc3ccccc3N2S(=O)(=O)c2ccc(Br)c(C)c2)cc1. The molecule has 1 aliphatic heterocycles. The van der Waals surface area contributed by atoms with Crippen LogP contribution in [0.2, 0.25) is 0 Å². The highest BCUT2D eigenvalue weighted by Gasteiger charge is 2.42. The highest BCUT2D eigenvalue weighted by molar-refractivity contribution is 9.10. The van der Waals surface area contributed by atoms with Gasteiger partial charge in [0.2, 0.25) is 5.91 Å². The van der Waals surface area contributed by atoms with Crippen molar-refractivity contribution in [3.05, 3.63) is 87.9 Å². The van der Waals surface area contributed by atoms with Crippen LogP contribution in [0.3, 0.4) is 0 Å². The van der Waals surface area contributed by atoms with E-state index in [4.69, 9.17) is 4.74 Å². The van der Waals surface area contributed by atoms with E-state index in [-0.39, 0.29) is 36.9 Å². The van der Waals surface area contributed by atoms with Gasteiger partial charge < -0.3 is 14.8 Å². The molecule has 0 fully saturated rings. The molecular formula is C27H27BrN2O6S. The summed E-state index contributed by atoms with van der Waals surface area (Å²) in [6, 6.07) is 18.1. The first-order valence-corrected chi connectivity index (χ1v) is 13.9. The second-order valence-electron chi connectivity index (χ2n) is 8.60. The summed E-state index contributed by atoms with van der Waals surface area (Å²) in [6.07, 6.45) is 0.453. The van der Waals surface area contributed by atoms with Crippen molar-refractivity contribution in [1.29, 1.82) is 0 Å². The molecule has 1 N–H and O–H groups in total. The molecule has 4 rings (SSSR count). The first-order valence-electron chi connectivity index (χ1n) is 11.7. The van der Waals surface area contributed by atoms with Crippen LogP contribution in [0.25, 0.3) is 0 Å². The second kappa shape index (κ2) is 11.4. The fourth-order valence-electron chi connectivity index (χ4n) is 4.15. The number of fused-ring (bicyclic) bond motifs is 1. The van der Waals surface area contributed by atoms with Crippen molar-refractivity contribution in [1.82, 2.24) is 5.32 Å². The Morgan fingerprint density at radius 1 is 1.08 bits per heavy atom. The molecule has 1 amide bonds. The normalized spacial score (nSPS) is 14.7. The number of para-hydroxylation sites is 1. The van der Waals surface area contributed by atoms with Gasteiger partial charge in [-0.25, -0.2) is 8.42 Å². The van der Waals surface area contributed by atoms with Gasteiger partial charge in [-0.15, -0.1) is 0 Å². The van der Waals surface area contributed by atoms with Crippen LogP contribution < -0.4 is 14.4 Å². The molecule has 0 spiro atoms. The molecule has 1 heterocycles. The van der Waals surface area contributed by atoms with E-state index in [2.05, 4.69) is 26.0 Å². The van der Waals surface area contributed by atoms with E-state index in [0.717, 1.165) is 21.2 Å². The van der Waals surface area contributed by atoms with Crippen molar-refractivity contribution < 1.29 is 27.5 Å². The van der Waals surface area contributed by atoms with Crippen LogP contribution in [-0.4, -0.2) is 46.6 Å². The number of nitrogens with one attached hydrogen (secondary N) is 1. The Hall–Kier alpha value is -3.37. The maximum atomic E-state index is 13.7. The monoisotopic (exact) mass is 586 g/mol. The van der Waals surface area contributed by atoms with E-state index in [1.165, 1.54) is 17.5 Å². The van der Waals surface area contributed by atoms with Crippen molar-refractivity contribution in [2.45, 2.75) is 30.7 Å². The van der Waals surface area contributed by atoms with Gasteiger partial charge >= 0.3 is 5.97 Å². The number of halogens is 1. The van der Waals surface area contributed by atoms with Crippen molar-refractivity contribution in [2.24, 2.45) is 0 Å². The minimum atomic E-state index is -3.99. The Labute approximate surface area is 224 Å². The number of aryl methyl sites for hydroxylation is 1. The van der Waals surface area contributed by atoms with Crippen molar-refractivity contribution in [3.63, 3.8) is 0 Å². The molecule has 0 bridgehead atoms. The Bertz CT molecular complexity index is 1410. The summed E-state index contributed by atoms with van der Waals surface area (Å²) in [5, 5.41) is 2.81. The molecule has 8 nitrogen and oxygen atoms in total. The van der Waals surface area contributed by atoms with Gasteiger partial charge in [-0.05, 0) is 60.0 Å². The van der Waals surface area contributed by atoms with Crippen molar-refractivity contribution >= 4 is 43.5 Å². The molecule has 1 aliphatic rings. The number of sulfonamides is 1. The second-order valence-corrected chi connectivity index (χ2v) is 11.3. The van der Waals surface area contributed by atoms with Gasteiger partial charge in [0, 0.05) is 10.9 Å². The van der Waals surface area contributed by atoms with Crippen LogP contribution in [0.1, 0.15) is 16.7 Å². The van der Waals surface area contributed by atoms with E-state index >= 15 is 0 Å². The maximum Gasteiger partial charge on any atom is 0.309 e. The summed E-state index contributed by atoms with van der Waals surface area (Å²) in [6.45, 7) is 2.21. The number of benzene rings is 3. The summed E-state index contributed by atoms with van der Waals surface area (Å²) in [4.78, 5) is 24.7. The Kier molecular flexibility index (Phi) is 8.19. The van der Waals surface area contributed by atoms with Gasteiger partial charge in [0.25, 0.3) is 10.0 Å². The number of amides is 1. The highest BCUT2D eigenvalue weighted by atomic mass is 79.9. The molecule has 3 aromatic rings. The highest BCUT2D eigenvalue weighted by Crippen LogP contribution is 2.37. The third kappa shape index (κ3) is 5.97. The van der Waals surface area contributed by atoms with Crippen LogP contribution >= 0.6 is 15.9 Å². The fourth-order valence-corrected chi connectivity index (χ4v) is 6.13. The van der Waals surface area contributed by atoms with E-state index in [9.17, 15) is 18.0 Å². The summed E-state index contributed by atoms with van der Waals surface area (Å²) in [5.74, 6) is -0.131. The fraction of sp³-hybridized carbons (Fsp3) is 0.259. The topological polar surface area (TPSA) is 102 Å². The lowest BCUT2D eigenvalue weighted by Crippen LogP contribution is -2.48. The lowest BCUT2D eigenvalue weighted by atomic mass is 10.1. The largest absolute Gasteiger partial charge is 0.492 e. The number of methoxy groups -OCH3 is 1. The van der Waals surface area contributed by atoms with Gasteiger partial charge in [0.05, 0.1) is 30.7 Å². The standard InChI is InChI=1S/C27H27BrN2O6S/c1-18-15-22(11-12-23(18)28)37(33,34)30-24-6-4-3-5-20(24)17-25(30)27(32)29-13-14-36-21-9-7-19(8-10-21)16-26(31)35-2/h3-12,15,25H,13-14,16-17H2,1-2H3,(H,29,32)/t25-/m0/s1. The predicted octanol–water partition coefficient (Wildman–Crippen LogP) is 3.79. The minimum Gasteiger partial charge on any atom is -0.492 e. The molecule has 10 heteroatoms. The number of hydrogen-bond donors (Lipinski definition) is 1. The van der Waals surface area contributed by atoms with Gasteiger partial charge in [0.1, 0.15) is 18.4 Å². The molecule has 0 aromatic heterocycles. The predicted molar refractivity (Wildman–Crippen MR) is 143 cm³/mol. The molecular weight excluding hydrogens is 560 g/mol. The number of anilines is 1. The zero-order valence-electron chi connectivity index (χ0n) is 20.4. The smallest absolute Gasteiger partial charge is 0.309 e. The van der Waals surface area contributed by atoms with Crippen LogP contribution in [0.5, 0.6) is 5.75 Å². The van der Waals surface area contributed by atoms with E-state index in [0.29, 0.717) is 11.4 Å². The van der Waals surface area contributed by atoms with Crippen LogP contribution in [0, 0.1) is 6.92 Å². The van der Waals surface area contributed by atoms with E-state index in [1.54, 1.807) is 48.5 Å². The number of ether oxygens (including phenoxy) is 2. The van der Waals surface area contributed by atoms with Gasteiger partial charge in [-0.3, -0.25) is 13.9 Å². The summed E-state index contributed by atoms with van der Waals surface area (Å²) in [5.41, 5.74) is 2.88.